The van der Waals surface area contributed by atoms with E-state index in [2.05, 4.69) is 10.6 Å². The maximum atomic E-state index is 12.0. The van der Waals surface area contributed by atoms with Crippen molar-refractivity contribution >= 4 is 11.9 Å². The lowest BCUT2D eigenvalue weighted by molar-refractivity contribution is -0.126. The number of imide groups is 1. The van der Waals surface area contributed by atoms with E-state index in [1.165, 1.54) is 0 Å². The molecule has 2 rings (SSSR count). The van der Waals surface area contributed by atoms with Crippen LogP contribution in [0.25, 0.3) is 0 Å². The minimum atomic E-state index is -0.469. The molecule has 6 heteroatoms. The van der Waals surface area contributed by atoms with Crippen molar-refractivity contribution in [3.8, 4) is 0 Å². The van der Waals surface area contributed by atoms with Crippen molar-refractivity contribution in [1.82, 2.24) is 15.5 Å². The van der Waals surface area contributed by atoms with Gasteiger partial charge in [0.1, 0.15) is 0 Å². The standard InChI is InChI=1S/C15H21N3O3/c1-12(18-7-9-21-10-8-18)14(19)17-15(20)16-11-13-5-3-2-4-6-13/h2-6,12H,7-11H2,1H3,(H2,16,17,19,20)/t12-/m0/s1. The Morgan fingerprint density at radius 2 is 1.90 bits per heavy atom. The monoisotopic (exact) mass is 291 g/mol. The summed E-state index contributed by atoms with van der Waals surface area (Å²) in [6.45, 7) is 4.85. The number of carbonyl (C=O) groups is 2. The van der Waals surface area contributed by atoms with E-state index in [0.717, 1.165) is 5.56 Å². The van der Waals surface area contributed by atoms with Crippen LogP contribution in [-0.4, -0.2) is 49.2 Å². The molecule has 0 saturated carbocycles. The first-order chi connectivity index (χ1) is 10.2. The van der Waals surface area contributed by atoms with Crippen LogP contribution in [0.15, 0.2) is 30.3 Å². The third kappa shape index (κ3) is 4.84. The molecule has 0 spiro atoms. The van der Waals surface area contributed by atoms with E-state index in [4.69, 9.17) is 4.74 Å². The summed E-state index contributed by atoms with van der Waals surface area (Å²) in [7, 11) is 0. The van der Waals surface area contributed by atoms with Crippen LogP contribution in [-0.2, 0) is 16.1 Å². The van der Waals surface area contributed by atoms with Crippen LogP contribution >= 0.6 is 0 Å². The fraction of sp³-hybridized carbons (Fsp3) is 0.467. The van der Waals surface area contributed by atoms with Crippen LogP contribution in [0, 0.1) is 0 Å². The zero-order valence-corrected chi connectivity index (χ0v) is 12.2. The number of amides is 3. The minimum Gasteiger partial charge on any atom is -0.379 e. The predicted octanol–water partition coefficient (Wildman–Crippen LogP) is 0.733. The third-order valence-electron chi connectivity index (χ3n) is 3.51. The zero-order valence-electron chi connectivity index (χ0n) is 12.2. The summed E-state index contributed by atoms with van der Waals surface area (Å²) in [5.74, 6) is -0.289. The number of nitrogens with zero attached hydrogens (tertiary/aromatic N) is 1. The summed E-state index contributed by atoms with van der Waals surface area (Å²) in [6.07, 6.45) is 0. The molecule has 0 aromatic heterocycles. The maximum Gasteiger partial charge on any atom is 0.321 e. The van der Waals surface area contributed by atoms with Gasteiger partial charge in [0.15, 0.2) is 0 Å². The number of hydrogen-bond acceptors (Lipinski definition) is 4. The van der Waals surface area contributed by atoms with Crippen LogP contribution < -0.4 is 10.6 Å². The van der Waals surface area contributed by atoms with E-state index in [-0.39, 0.29) is 11.9 Å². The van der Waals surface area contributed by atoms with Gasteiger partial charge in [-0.2, -0.15) is 0 Å². The highest BCUT2D eigenvalue weighted by atomic mass is 16.5. The smallest absolute Gasteiger partial charge is 0.321 e. The highest BCUT2D eigenvalue weighted by Gasteiger charge is 2.24. The largest absolute Gasteiger partial charge is 0.379 e. The van der Waals surface area contributed by atoms with Gasteiger partial charge in [-0.1, -0.05) is 30.3 Å². The van der Waals surface area contributed by atoms with Crippen molar-refractivity contribution in [2.75, 3.05) is 26.3 Å². The number of ether oxygens (including phenoxy) is 1. The van der Waals surface area contributed by atoms with Gasteiger partial charge in [0.05, 0.1) is 19.3 Å². The van der Waals surface area contributed by atoms with Crippen LogP contribution in [0.2, 0.25) is 0 Å². The molecule has 1 heterocycles. The molecule has 114 valence electrons. The van der Waals surface area contributed by atoms with Gasteiger partial charge in [-0.3, -0.25) is 15.0 Å². The second-order valence-corrected chi connectivity index (χ2v) is 4.98. The van der Waals surface area contributed by atoms with Crippen LogP contribution in [0.4, 0.5) is 4.79 Å². The van der Waals surface area contributed by atoms with E-state index >= 15 is 0 Å². The van der Waals surface area contributed by atoms with E-state index in [1.54, 1.807) is 6.92 Å². The summed E-state index contributed by atoms with van der Waals surface area (Å²) in [4.78, 5) is 25.7. The summed E-state index contributed by atoms with van der Waals surface area (Å²) >= 11 is 0. The SMILES string of the molecule is C[C@@H](C(=O)NC(=O)NCc1ccccc1)N1CCOCC1. The molecule has 0 unspecified atom stereocenters. The molecule has 1 aromatic carbocycles. The Morgan fingerprint density at radius 1 is 1.24 bits per heavy atom. The lowest BCUT2D eigenvalue weighted by atomic mass is 10.2. The fourth-order valence-electron chi connectivity index (χ4n) is 2.17. The van der Waals surface area contributed by atoms with Gasteiger partial charge in [-0.05, 0) is 12.5 Å². The Bertz CT molecular complexity index is 472. The number of rotatable bonds is 4. The van der Waals surface area contributed by atoms with Gasteiger partial charge in [0.2, 0.25) is 5.91 Å². The van der Waals surface area contributed by atoms with Crippen molar-refractivity contribution in [2.45, 2.75) is 19.5 Å². The molecule has 1 atom stereocenters. The van der Waals surface area contributed by atoms with Gasteiger partial charge in [0.25, 0.3) is 0 Å². The lowest BCUT2D eigenvalue weighted by Crippen LogP contribution is -2.52. The molecular formula is C15H21N3O3. The number of nitrogens with one attached hydrogen (secondary N) is 2. The Hall–Kier alpha value is -1.92. The van der Waals surface area contributed by atoms with Gasteiger partial charge < -0.3 is 10.1 Å². The van der Waals surface area contributed by atoms with Crippen molar-refractivity contribution in [3.05, 3.63) is 35.9 Å². The first-order valence-electron chi connectivity index (χ1n) is 7.11. The highest BCUT2D eigenvalue weighted by molar-refractivity contribution is 5.96. The molecule has 6 nitrogen and oxygen atoms in total. The van der Waals surface area contributed by atoms with Gasteiger partial charge >= 0.3 is 6.03 Å². The number of hydrogen-bond donors (Lipinski definition) is 2. The molecule has 1 aliphatic rings. The summed E-state index contributed by atoms with van der Waals surface area (Å²) in [5.41, 5.74) is 0.987. The summed E-state index contributed by atoms with van der Waals surface area (Å²) < 4.78 is 5.25. The summed E-state index contributed by atoms with van der Waals surface area (Å²) in [5, 5.41) is 5.05. The van der Waals surface area contributed by atoms with E-state index < -0.39 is 6.03 Å². The van der Waals surface area contributed by atoms with E-state index in [9.17, 15) is 9.59 Å². The number of benzene rings is 1. The number of morpholine rings is 1. The molecule has 1 aliphatic heterocycles. The molecular weight excluding hydrogens is 270 g/mol. The quantitative estimate of drug-likeness (QED) is 0.858. The van der Waals surface area contributed by atoms with E-state index in [0.29, 0.717) is 32.8 Å². The van der Waals surface area contributed by atoms with Gasteiger partial charge in [0, 0.05) is 19.6 Å². The molecule has 21 heavy (non-hydrogen) atoms. The second kappa shape index (κ2) is 7.75. The molecule has 1 fully saturated rings. The first kappa shape index (κ1) is 15.5. The number of urea groups is 1. The molecule has 1 saturated heterocycles. The Morgan fingerprint density at radius 3 is 2.57 bits per heavy atom. The van der Waals surface area contributed by atoms with Crippen molar-refractivity contribution in [2.24, 2.45) is 0 Å². The maximum absolute atomic E-state index is 12.0. The number of carbonyl (C=O) groups excluding carboxylic acids is 2. The minimum absolute atomic E-state index is 0.289. The van der Waals surface area contributed by atoms with Crippen molar-refractivity contribution < 1.29 is 14.3 Å². The van der Waals surface area contributed by atoms with Crippen LogP contribution in [0.5, 0.6) is 0 Å². The van der Waals surface area contributed by atoms with Crippen molar-refractivity contribution in [3.63, 3.8) is 0 Å². The zero-order chi connectivity index (χ0) is 15.1. The molecule has 0 bridgehead atoms. The highest BCUT2D eigenvalue weighted by Crippen LogP contribution is 2.03. The fourth-order valence-corrected chi connectivity index (χ4v) is 2.17. The van der Waals surface area contributed by atoms with Crippen LogP contribution in [0.3, 0.4) is 0 Å². The Balaban J connectivity index is 1.75. The molecule has 0 radical (unpaired) electrons. The van der Waals surface area contributed by atoms with Gasteiger partial charge in [-0.25, -0.2) is 4.79 Å². The Kier molecular flexibility index (Phi) is 5.71. The molecule has 1 aromatic rings. The van der Waals surface area contributed by atoms with Crippen LogP contribution in [0.1, 0.15) is 12.5 Å². The van der Waals surface area contributed by atoms with E-state index in [1.807, 2.05) is 35.2 Å². The topological polar surface area (TPSA) is 70.7 Å². The average Bonchev–Trinajstić information content (AvgIpc) is 2.54. The summed E-state index contributed by atoms with van der Waals surface area (Å²) in [6, 6.07) is 8.75. The van der Waals surface area contributed by atoms with Crippen molar-refractivity contribution in [1.29, 1.82) is 0 Å². The predicted molar refractivity (Wildman–Crippen MR) is 78.7 cm³/mol. The van der Waals surface area contributed by atoms with Gasteiger partial charge in [-0.15, -0.1) is 0 Å². The second-order valence-electron chi connectivity index (χ2n) is 4.98. The third-order valence-corrected chi connectivity index (χ3v) is 3.51. The molecule has 3 amide bonds. The average molecular weight is 291 g/mol. The Labute approximate surface area is 124 Å². The lowest BCUT2D eigenvalue weighted by Gasteiger charge is -2.31. The first-order valence-corrected chi connectivity index (χ1v) is 7.11. The molecule has 0 aliphatic carbocycles. The molecule has 2 N–H and O–H groups in total. The normalized spacial score (nSPS) is 17.0.